The van der Waals surface area contributed by atoms with Crippen LogP contribution in [-0.4, -0.2) is 34.2 Å². The number of amides is 1. The van der Waals surface area contributed by atoms with Crippen molar-refractivity contribution in [1.29, 1.82) is 0 Å². The van der Waals surface area contributed by atoms with Crippen LogP contribution < -0.4 is 10.0 Å². The van der Waals surface area contributed by atoms with Crippen LogP contribution in [0.15, 0.2) is 101 Å². The lowest BCUT2D eigenvalue weighted by Gasteiger charge is -2.12. The number of nitrogens with zero attached hydrogens (tertiary/aromatic N) is 3. The van der Waals surface area contributed by atoms with Crippen molar-refractivity contribution in [2.75, 3.05) is 5.32 Å². The molecule has 0 aliphatic rings. The number of nitrogens with one attached hydrogen (secondary N) is 2. The number of para-hydroxylation sites is 1. The molecule has 5 aromatic rings. The largest absolute Gasteiger partial charge is 0.325 e. The van der Waals surface area contributed by atoms with Gasteiger partial charge in [-0.2, -0.15) is 0 Å². The maximum absolute atomic E-state index is 12.9. The molecule has 5 rings (SSSR count). The molecule has 0 radical (unpaired) electrons. The second kappa shape index (κ2) is 10.1. The van der Waals surface area contributed by atoms with Gasteiger partial charge in [0.2, 0.25) is 15.9 Å². The monoisotopic (exact) mass is 517 g/mol. The first kappa shape index (κ1) is 24.0. The zero-order valence-electron chi connectivity index (χ0n) is 19.3. The van der Waals surface area contributed by atoms with Gasteiger partial charge < -0.3 is 5.32 Å². The topological polar surface area (TPSA) is 105 Å². The first-order chi connectivity index (χ1) is 17.4. The van der Waals surface area contributed by atoms with Gasteiger partial charge in [0, 0.05) is 12.2 Å². The van der Waals surface area contributed by atoms with E-state index < -0.39 is 15.3 Å². The summed E-state index contributed by atoms with van der Waals surface area (Å²) >= 11 is 1.31. The van der Waals surface area contributed by atoms with E-state index >= 15 is 0 Å². The summed E-state index contributed by atoms with van der Waals surface area (Å²) < 4.78 is 29.7. The highest BCUT2D eigenvalue weighted by atomic mass is 32.2. The molecule has 1 atom stereocenters. The number of benzene rings is 3. The summed E-state index contributed by atoms with van der Waals surface area (Å²) in [6, 6.07) is 27.2. The van der Waals surface area contributed by atoms with Crippen LogP contribution in [0.1, 0.15) is 12.5 Å². The molecular formula is C26H23N5O3S2. The lowest BCUT2D eigenvalue weighted by atomic mass is 10.2. The van der Waals surface area contributed by atoms with Gasteiger partial charge in [-0.15, -0.1) is 10.2 Å². The molecule has 0 fully saturated rings. The first-order valence-corrected chi connectivity index (χ1v) is 13.6. The first-order valence-electron chi connectivity index (χ1n) is 11.2. The second-order valence-corrected chi connectivity index (χ2v) is 11.2. The number of pyridine rings is 1. The number of aromatic nitrogens is 3. The molecule has 1 amide bonds. The quantitative estimate of drug-likeness (QED) is 0.294. The maximum Gasteiger partial charge on any atom is 0.240 e. The van der Waals surface area contributed by atoms with Gasteiger partial charge >= 0.3 is 0 Å². The van der Waals surface area contributed by atoms with Crippen molar-refractivity contribution < 1.29 is 13.2 Å². The van der Waals surface area contributed by atoms with Crippen molar-refractivity contribution in [1.82, 2.24) is 19.3 Å². The highest BCUT2D eigenvalue weighted by Crippen LogP contribution is 2.27. The van der Waals surface area contributed by atoms with Crippen molar-refractivity contribution >= 4 is 49.9 Å². The minimum absolute atomic E-state index is 0.126. The zero-order chi connectivity index (χ0) is 25.1. The molecule has 8 nitrogen and oxygen atoms in total. The van der Waals surface area contributed by atoms with E-state index in [4.69, 9.17) is 0 Å². The molecule has 2 N–H and O–H groups in total. The van der Waals surface area contributed by atoms with Crippen molar-refractivity contribution in [3.05, 3.63) is 96.6 Å². The van der Waals surface area contributed by atoms with Crippen molar-refractivity contribution in [2.24, 2.45) is 0 Å². The summed E-state index contributed by atoms with van der Waals surface area (Å²) in [5, 5.41) is 12.6. The van der Waals surface area contributed by atoms with Gasteiger partial charge in [0.25, 0.3) is 0 Å². The predicted octanol–water partition coefficient (Wildman–Crippen LogP) is 4.48. The fourth-order valence-electron chi connectivity index (χ4n) is 3.72. The van der Waals surface area contributed by atoms with Crippen LogP contribution in [0.3, 0.4) is 0 Å². The van der Waals surface area contributed by atoms with Gasteiger partial charge in [0.1, 0.15) is 0 Å². The Balaban J connectivity index is 1.25. The average molecular weight is 518 g/mol. The van der Waals surface area contributed by atoms with E-state index in [2.05, 4.69) is 20.2 Å². The molecule has 36 heavy (non-hydrogen) atoms. The van der Waals surface area contributed by atoms with Crippen LogP contribution >= 0.6 is 11.8 Å². The van der Waals surface area contributed by atoms with E-state index in [-0.39, 0.29) is 17.3 Å². The summed E-state index contributed by atoms with van der Waals surface area (Å²) in [5.74, 6) is -0.227. The third kappa shape index (κ3) is 5.11. The number of anilines is 1. The van der Waals surface area contributed by atoms with E-state index in [0.29, 0.717) is 16.5 Å². The number of carbonyl (C=O) groups excluding carboxylic acids is 1. The van der Waals surface area contributed by atoms with Crippen molar-refractivity contribution in [3.63, 3.8) is 0 Å². The Morgan fingerprint density at radius 3 is 2.42 bits per heavy atom. The second-order valence-electron chi connectivity index (χ2n) is 8.15. The summed E-state index contributed by atoms with van der Waals surface area (Å²) in [6.45, 7) is 1.99. The molecule has 2 aromatic heterocycles. The number of thioether (sulfide) groups is 1. The van der Waals surface area contributed by atoms with Crippen LogP contribution in [0.5, 0.6) is 0 Å². The molecule has 0 aliphatic heterocycles. The maximum atomic E-state index is 12.9. The Labute approximate surface area is 212 Å². The van der Waals surface area contributed by atoms with Gasteiger partial charge in [-0.25, -0.2) is 13.1 Å². The number of hydrogen-bond donors (Lipinski definition) is 2. The number of sulfonamides is 1. The van der Waals surface area contributed by atoms with Gasteiger partial charge in [0.15, 0.2) is 10.8 Å². The van der Waals surface area contributed by atoms with Crippen LogP contribution in [0.25, 0.3) is 16.6 Å². The summed E-state index contributed by atoms with van der Waals surface area (Å²) in [5.41, 5.74) is 3.05. The van der Waals surface area contributed by atoms with Gasteiger partial charge in [-0.05, 0) is 60.3 Å². The Morgan fingerprint density at radius 2 is 1.64 bits per heavy atom. The van der Waals surface area contributed by atoms with Crippen LogP contribution in [0.4, 0.5) is 5.69 Å². The average Bonchev–Trinajstić information content (AvgIpc) is 3.31. The third-order valence-corrected chi connectivity index (χ3v) is 8.10. The molecule has 0 saturated heterocycles. The Hall–Kier alpha value is -3.73. The van der Waals surface area contributed by atoms with Crippen LogP contribution in [-0.2, 0) is 21.4 Å². The molecule has 3 aromatic carbocycles. The van der Waals surface area contributed by atoms with Gasteiger partial charge in [-0.1, -0.05) is 60.3 Å². The fourth-order valence-corrected chi connectivity index (χ4v) is 5.60. The van der Waals surface area contributed by atoms with Gasteiger partial charge in [-0.3, -0.25) is 9.20 Å². The molecule has 0 spiro atoms. The molecule has 0 aliphatic carbocycles. The van der Waals surface area contributed by atoms with E-state index in [1.165, 1.54) is 23.9 Å². The Kier molecular flexibility index (Phi) is 6.73. The van der Waals surface area contributed by atoms with E-state index in [1.807, 2.05) is 71.1 Å². The van der Waals surface area contributed by atoms with Crippen molar-refractivity contribution in [3.8, 4) is 0 Å². The molecule has 0 saturated carbocycles. The zero-order valence-corrected chi connectivity index (χ0v) is 21.0. The standard InChI is InChI=1S/C26H23N5O3S2/c1-18(35-26-30-29-24-16-11-20-9-5-6-10-23(20)31(24)26)25(32)28-21-12-14-22(15-13-21)36(33,34)27-17-19-7-3-2-4-8-19/h2-16,18,27H,17H2,1H3,(H,28,32). The van der Waals surface area contributed by atoms with Crippen LogP contribution in [0, 0.1) is 0 Å². The molecule has 1 unspecified atom stereocenters. The van der Waals surface area contributed by atoms with Gasteiger partial charge in [0.05, 0.1) is 15.7 Å². The minimum atomic E-state index is -3.68. The minimum Gasteiger partial charge on any atom is -0.325 e. The smallest absolute Gasteiger partial charge is 0.240 e. The third-order valence-electron chi connectivity index (χ3n) is 5.64. The Morgan fingerprint density at radius 1 is 0.917 bits per heavy atom. The van der Waals surface area contributed by atoms with E-state index in [9.17, 15) is 13.2 Å². The van der Waals surface area contributed by atoms with Crippen molar-refractivity contribution in [2.45, 2.75) is 28.8 Å². The number of carbonyl (C=O) groups is 1. The van der Waals surface area contributed by atoms with E-state index in [0.717, 1.165) is 16.5 Å². The SMILES string of the molecule is CC(Sc1nnc2ccc3ccccc3n12)C(=O)Nc1ccc(S(=O)(=O)NCc2ccccc2)cc1. The molecule has 10 heteroatoms. The van der Waals surface area contributed by atoms with E-state index in [1.54, 1.807) is 19.1 Å². The lowest BCUT2D eigenvalue weighted by Crippen LogP contribution is -2.24. The number of hydrogen-bond acceptors (Lipinski definition) is 6. The number of rotatable bonds is 8. The highest BCUT2D eigenvalue weighted by Gasteiger charge is 2.20. The normalized spacial score (nSPS) is 12.6. The fraction of sp³-hybridized carbons (Fsp3) is 0.115. The molecule has 0 bridgehead atoms. The number of fused-ring (bicyclic) bond motifs is 3. The summed E-state index contributed by atoms with van der Waals surface area (Å²) in [4.78, 5) is 13.0. The molecule has 2 heterocycles. The van der Waals surface area contributed by atoms with Crippen LogP contribution in [0.2, 0.25) is 0 Å². The summed E-state index contributed by atoms with van der Waals surface area (Å²) in [6.07, 6.45) is 0. The Bertz CT molecular complexity index is 1640. The molecular weight excluding hydrogens is 494 g/mol. The lowest BCUT2D eigenvalue weighted by molar-refractivity contribution is -0.115. The highest BCUT2D eigenvalue weighted by molar-refractivity contribution is 8.00. The predicted molar refractivity (Wildman–Crippen MR) is 141 cm³/mol. The molecule has 182 valence electrons. The summed E-state index contributed by atoms with van der Waals surface area (Å²) in [7, 11) is -3.68.